The zero-order valence-electron chi connectivity index (χ0n) is 11.7. The van der Waals surface area contributed by atoms with Crippen LogP contribution in [0.3, 0.4) is 0 Å². The van der Waals surface area contributed by atoms with Gasteiger partial charge in [-0.2, -0.15) is 57.1 Å². The Morgan fingerprint density at radius 1 is 0.500 bits per heavy atom. The summed E-state index contributed by atoms with van der Waals surface area (Å²) in [5.41, 5.74) is -3.46. The van der Waals surface area contributed by atoms with Crippen LogP contribution in [0.15, 0.2) is 0 Å². The molecule has 0 aromatic rings. The molecule has 20 heteroatoms. The lowest BCUT2D eigenvalue weighted by atomic mass is 10.5. The van der Waals surface area contributed by atoms with Gasteiger partial charge in [0.25, 0.3) is 4.52 Å². The number of alkyl halides is 17. The molecule has 1 atom stereocenters. The Balaban J connectivity index is 5.70. The van der Waals surface area contributed by atoms with E-state index < -0.39 is 46.9 Å². The van der Waals surface area contributed by atoms with E-state index >= 15 is 0 Å². The summed E-state index contributed by atoms with van der Waals surface area (Å²) in [6.07, 6.45) is -42.3. The Hall–Kier alpha value is -0.230. The highest BCUT2D eigenvalue weighted by atomic mass is 35.5. The van der Waals surface area contributed by atoms with Crippen molar-refractivity contribution in [2.75, 3.05) is 0 Å². The first-order valence-corrected chi connectivity index (χ1v) is 6.73. The van der Waals surface area contributed by atoms with Gasteiger partial charge in [0.1, 0.15) is 0 Å². The summed E-state index contributed by atoms with van der Waals surface area (Å²) in [4.78, 5) is 0. The average Bonchev–Trinajstić information content (AvgIpc) is 2.32. The van der Waals surface area contributed by atoms with Crippen molar-refractivity contribution in [1.29, 1.82) is 0 Å². The molecule has 0 aliphatic heterocycles. The molecule has 0 N–H and O–H groups in total. The first-order valence-electron chi connectivity index (χ1n) is 5.53. The van der Waals surface area contributed by atoms with Crippen LogP contribution in [0.1, 0.15) is 0 Å². The molecule has 0 spiro atoms. The summed E-state index contributed by atoms with van der Waals surface area (Å²) in [6.45, 7) is 0. The van der Waals surface area contributed by atoms with Gasteiger partial charge in [-0.05, 0) is 0 Å². The molecule has 0 saturated carbocycles. The summed E-state index contributed by atoms with van der Waals surface area (Å²) in [6, 6.07) is 0. The lowest BCUT2D eigenvalue weighted by molar-refractivity contribution is -0.559. The number of hydrogen-bond donors (Lipinski definition) is 0. The van der Waals surface area contributed by atoms with Crippen molar-refractivity contribution in [3.8, 4) is 0 Å². The van der Waals surface area contributed by atoms with Crippen molar-refractivity contribution in [3.05, 3.63) is 0 Å². The smallest absolute Gasteiger partial charge is 0.272 e. The fourth-order valence-electron chi connectivity index (χ4n) is 0.833. The van der Waals surface area contributed by atoms with E-state index in [1.165, 1.54) is 4.74 Å². The van der Waals surface area contributed by atoms with E-state index in [9.17, 15) is 61.5 Å². The highest BCUT2D eigenvalue weighted by Gasteiger charge is 2.76. The van der Waals surface area contributed by atoms with Crippen LogP contribution in [-0.2, 0) is 14.2 Å². The minimum atomic E-state index is -7.28. The minimum absolute atomic E-state index is 1.43. The maximum atomic E-state index is 13.1. The van der Waals surface area contributed by atoms with E-state index in [2.05, 4.69) is 39.5 Å². The van der Waals surface area contributed by atoms with E-state index in [0.717, 1.165) is 0 Å². The lowest BCUT2D eigenvalue weighted by Crippen LogP contribution is -2.58. The van der Waals surface area contributed by atoms with Crippen LogP contribution in [0, 0.1) is 0 Å². The quantitative estimate of drug-likeness (QED) is 0.268. The van der Waals surface area contributed by atoms with Gasteiger partial charge in [0, 0.05) is 0 Å². The molecule has 0 aliphatic carbocycles. The fraction of sp³-hybridized carbons (Fsp3) is 1.00. The van der Waals surface area contributed by atoms with Crippen LogP contribution in [0.5, 0.6) is 0 Å². The van der Waals surface area contributed by atoms with Gasteiger partial charge in [0.2, 0.25) is 5.63 Å². The standard InChI is InChI=1S/C8HCl3F14O3/c9-1(12)2(10,11)26-5(18,19)6(20,21)28-8(24,25)7(22,23)27-4(16,17)3(13,14)15/h1H. The van der Waals surface area contributed by atoms with Crippen molar-refractivity contribution in [2.24, 2.45) is 0 Å². The maximum Gasteiger partial charge on any atom is 0.483 e. The Morgan fingerprint density at radius 2 is 0.750 bits per heavy atom. The molecule has 0 bridgehead atoms. The van der Waals surface area contributed by atoms with E-state index in [0.29, 0.717) is 0 Å². The molecule has 28 heavy (non-hydrogen) atoms. The number of halogens is 17. The zero-order chi connectivity index (χ0) is 23.2. The second kappa shape index (κ2) is 7.79. The summed E-state index contributed by atoms with van der Waals surface area (Å²) in [7, 11) is 0. The molecule has 0 fully saturated rings. The van der Waals surface area contributed by atoms with E-state index in [-0.39, 0.29) is 0 Å². The average molecular weight is 517 g/mol. The molecule has 1 unspecified atom stereocenters. The third-order valence-electron chi connectivity index (χ3n) is 2.04. The Bertz CT molecular complexity index is 548. The minimum Gasteiger partial charge on any atom is -0.272 e. The summed E-state index contributed by atoms with van der Waals surface area (Å²) in [5, 5.41) is 0. The van der Waals surface area contributed by atoms with Gasteiger partial charge in [-0.1, -0.05) is 34.8 Å². The largest absolute Gasteiger partial charge is 0.483 e. The molecule has 0 saturated heterocycles. The molecular formula is C8HCl3F14O3. The molecular weight excluding hydrogens is 516 g/mol. The molecule has 0 amide bonds. The van der Waals surface area contributed by atoms with Gasteiger partial charge >= 0.3 is 36.7 Å². The molecule has 0 aliphatic rings. The van der Waals surface area contributed by atoms with Crippen molar-refractivity contribution in [1.82, 2.24) is 0 Å². The third-order valence-corrected chi connectivity index (χ3v) is 3.11. The van der Waals surface area contributed by atoms with Crippen LogP contribution in [-0.4, -0.2) is 46.9 Å². The highest BCUT2D eigenvalue weighted by molar-refractivity contribution is 6.50. The molecule has 0 aromatic heterocycles. The molecule has 0 radical (unpaired) electrons. The first kappa shape index (κ1) is 27.8. The first-order chi connectivity index (χ1) is 11.8. The fourth-order valence-corrected chi connectivity index (χ4v) is 1.07. The van der Waals surface area contributed by atoms with Gasteiger partial charge in [-0.25, -0.2) is 13.9 Å². The van der Waals surface area contributed by atoms with Gasteiger partial charge in [0.05, 0.1) is 0 Å². The molecule has 0 rings (SSSR count). The molecule has 0 heterocycles. The second-order valence-electron chi connectivity index (χ2n) is 4.25. The van der Waals surface area contributed by atoms with Gasteiger partial charge in [0.15, 0.2) is 0 Å². The van der Waals surface area contributed by atoms with Crippen molar-refractivity contribution >= 4 is 34.8 Å². The summed E-state index contributed by atoms with van der Waals surface area (Å²) in [5.74, 6) is 0. The highest BCUT2D eigenvalue weighted by Crippen LogP contribution is 2.51. The van der Waals surface area contributed by atoms with Crippen LogP contribution < -0.4 is 0 Å². The number of rotatable bonds is 9. The Kier molecular flexibility index (Phi) is 7.73. The predicted molar refractivity (Wildman–Crippen MR) is 59.2 cm³/mol. The Morgan fingerprint density at radius 3 is 1.00 bits per heavy atom. The van der Waals surface area contributed by atoms with Crippen LogP contribution >= 0.6 is 34.8 Å². The van der Waals surface area contributed by atoms with Crippen LogP contribution in [0.2, 0.25) is 0 Å². The van der Waals surface area contributed by atoms with E-state index in [4.69, 9.17) is 0 Å². The van der Waals surface area contributed by atoms with Crippen molar-refractivity contribution in [3.63, 3.8) is 0 Å². The topological polar surface area (TPSA) is 27.7 Å². The zero-order valence-corrected chi connectivity index (χ0v) is 14.0. The normalized spacial score (nSPS) is 17.0. The number of ether oxygens (including phenoxy) is 3. The monoisotopic (exact) mass is 516 g/mol. The second-order valence-corrected chi connectivity index (χ2v) is 5.95. The van der Waals surface area contributed by atoms with Crippen LogP contribution in [0.4, 0.5) is 61.5 Å². The SMILES string of the molecule is FC(Cl)C(Cl)(Cl)OC(F)(F)C(F)(F)OC(F)(F)C(F)(F)OC(F)(F)C(F)(F)F. The van der Waals surface area contributed by atoms with Crippen LogP contribution in [0.25, 0.3) is 0 Å². The molecule has 0 aromatic carbocycles. The molecule has 170 valence electrons. The van der Waals surface area contributed by atoms with E-state index in [1.54, 1.807) is 4.74 Å². The Labute approximate surface area is 158 Å². The lowest BCUT2D eigenvalue weighted by Gasteiger charge is -2.35. The predicted octanol–water partition coefficient (Wildman–Crippen LogP) is 6.23. The maximum absolute atomic E-state index is 13.1. The number of hydrogen-bond acceptors (Lipinski definition) is 3. The summed E-state index contributed by atoms with van der Waals surface area (Å²) < 4.78 is 177. The van der Waals surface area contributed by atoms with Gasteiger partial charge in [-0.15, -0.1) is 0 Å². The van der Waals surface area contributed by atoms with Crippen molar-refractivity contribution < 1.29 is 75.7 Å². The van der Waals surface area contributed by atoms with E-state index in [1.807, 2.05) is 0 Å². The third kappa shape index (κ3) is 6.13. The van der Waals surface area contributed by atoms with Crippen molar-refractivity contribution in [2.45, 2.75) is 46.9 Å². The van der Waals surface area contributed by atoms with Gasteiger partial charge in [-0.3, -0.25) is 4.74 Å². The van der Waals surface area contributed by atoms with Gasteiger partial charge < -0.3 is 0 Å². The summed E-state index contributed by atoms with van der Waals surface area (Å²) >= 11 is 13.5. The molecule has 3 nitrogen and oxygen atoms in total.